The highest BCUT2D eigenvalue weighted by Crippen LogP contribution is 2.50. The van der Waals surface area contributed by atoms with Crippen LogP contribution in [0.1, 0.15) is 41.0 Å². The Hall–Kier alpha value is -0.360. The van der Waals surface area contributed by atoms with Crippen molar-refractivity contribution in [2.24, 2.45) is 11.1 Å². The minimum atomic E-state index is -0.816. The van der Waals surface area contributed by atoms with Gasteiger partial charge in [-0.15, -0.1) is 12.4 Å². The summed E-state index contributed by atoms with van der Waals surface area (Å²) in [6.45, 7) is 11.9. The quantitative estimate of drug-likeness (QED) is 0.857. The number of nitrogens with two attached hydrogens (primary N) is 1. The highest BCUT2D eigenvalue weighted by Gasteiger charge is 2.63. The van der Waals surface area contributed by atoms with E-state index in [1.54, 1.807) is 0 Å². The summed E-state index contributed by atoms with van der Waals surface area (Å²) in [5.41, 5.74) is 5.31. The van der Waals surface area contributed by atoms with Crippen LogP contribution >= 0.6 is 12.4 Å². The molecule has 0 aromatic carbocycles. The van der Waals surface area contributed by atoms with E-state index in [1.807, 2.05) is 39.5 Å². The Morgan fingerprint density at radius 1 is 1.33 bits per heavy atom. The van der Waals surface area contributed by atoms with Gasteiger partial charge in [-0.05, 0) is 20.8 Å². The van der Waals surface area contributed by atoms with Crippen LogP contribution in [-0.4, -0.2) is 54.4 Å². The standard InChI is InChI=1S/C15H28N2O3.ClH/c1-6-19-12-7-15(16,14(12,4)5)13(18)17-8-10(2)20-11(3)9-17;/h10-12H,6-9,16H2,1-5H3;1H. The topological polar surface area (TPSA) is 64.8 Å². The lowest BCUT2D eigenvalue weighted by Crippen LogP contribution is -2.76. The third-order valence-corrected chi connectivity index (χ3v) is 4.92. The molecule has 0 spiro atoms. The van der Waals surface area contributed by atoms with Gasteiger partial charge in [-0.1, -0.05) is 13.8 Å². The summed E-state index contributed by atoms with van der Waals surface area (Å²) in [7, 11) is 0. The third-order valence-electron chi connectivity index (χ3n) is 4.92. The molecular formula is C15H29ClN2O3. The molecule has 2 fully saturated rings. The van der Waals surface area contributed by atoms with Gasteiger partial charge >= 0.3 is 0 Å². The third kappa shape index (κ3) is 3.07. The smallest absolute Gasteiger partial charge is 0.243 e. The number of halogens is 1. The van der Waals surface area contributed by atoms with Crippen molar-refractivity contribution in [2.45, 2.75) is 64.9 Å². The molecule has 1 saturated carbocycles. The summed E-state index contributed by atoms with van der Waals surface area (Å²) in [5, 5.41) is 0. The van der Waals surface area contributed by atoms with Crippen molar-refractivity contribution in [1.29, 1.82) is 0 Å². The fourth-order valence-corrected chi connectivity index (χ4v) is 3.42. The second-order valence-corrected chi connectivity index (χ2v) is 6.81. The van der Waals surface area contributed by atoms with Crippen molar-refractivity contribution in [3.05, 3.63) is 0 Å². The molecule has 5 nitrogen and oxygen atoms in total. The van der Waals surface area contributed by atoms with E-state index >= 15 is 0 Å². The molecule has 4 atom stereocenters. The van der Waals surface area contributed by atoms with E-state index < -0.39 is 5.54 Å². The molecule has 0 aromatic heterocycles. The number of ether oxygens (including phenoxy) is 2. The molecule has 0 aromatic rings. The van der Waals surface area contributed by atoms with Gasteiger partial charge in [0.15, 0.2) is 0 Å². The molecule has 1 amide bonds. The van der Waals surface area contributed by atoms with Crippen LogP contribution in [0.15, 0.2) is 0 Å². The second kappa shape index (κ2) is 6.41. The van der Waals surface area contributed by atoms with Gasteiger partial charge in [-0.2, -0.15) is 0 Å². The molecule has 1 aliphatic carbocycles. The Morgan fingerprint density at radius 3 is 2.29 bits per heavy atom. The van der Waals surface area contributed by atoms with Crippen molar-refractivity contribution in [3.63, 3.8) is 0 Å². The maximum atomic E-state index is 12.8. The van der Waals surface area contributed by atoms with Gasteiger partial charge in [-0.25, -0.2) is 0 Å². The molecule has 0 bridgehead atoms. The summed E-state index contributed by atoms with van der Waals surface area (Å²) in [6.07, 6.45) is 0.805. The van der Waals surface area contributed by atoms with Gasteiger partial charge in [0.2, 0.25) is 5.91 Å². The Balaban J connectivity index is 0.00000220. The number of nitrogens with zero attached hydrogens (tertiary/aromatic N) is 1. The lowest BCUT2D eigenvalue weighted by Gasteiger charge is -2.59. The number of amides is 1. The number of hydrogen-bond donors (Lipinski definition) is 1. The first-order chi connectivity index (χ1) is 9.22. The molecule has 4 unspecified atom stereocenters. The molecule has 2 N–H and O–H groups in total. The summed E-state index contributed by atoms with van der Waals surface area (Å²) < 4.78 is 11.4. The molecular weight excluding hydrogens is 292 g/mol. The SMILES string of the molecule is CCOC1CC(N)(C(=O)N2CC(C)OC(C)C2)C1(C)C.Cl. The van der Waals surface area contributed by atoms with Crippen molar-refractivity contribution in [3.8, 4) is 0 Å². The summed E-state index contributed by atoms with van der Waals surface area (Å²) in [6, 6.07) is 0. The average Bonchev–Trinajstić information content (AvgIpc) is 2.36. The number of morpholine rings is 1. The van der Waals surface area contributed by atoms with E-state index in [4.69, 9.17) is 15.2 Å². The fourth-order valence-electron chi connectivity index (χ4n) is 3.42. The number of hydrogen-bond acceptors (Lipinski definition) is 4. The average molecular weight is 321 g/mol. The van der Waals surface area contributed by atoms with E-state index in [1.165, 1.54) is 0 Å². The zero-order valence-corrected chi connectivity index (χ0v) is 14.5. The van der Waals surface area contributed by atoms with Crippen molar-refractivity contribution >= 4 is 18.3 Å². The molecule has 1 heterocycles. The Bertz CT molecular complexity index is 381. The number of rotatable bonds is 3. The van der Waals surface area contributed by atoms with Crippen LogP contribution in [0, 0.1) is 5.41 Å². The zero-order valence-electron chi connectivity index (χ0n) is 13.7. The molecule has 2 rings (SSSR count). The van der Waals surface area contributed by atoms with E-state index in [9.17, 15) is 4.79 Å². The van der Waals surface area contributed by atoms with Gasteiger partial charge < -0.3 is 20.1 Å². The van der Waals surface area contributed by atoms with Crippen LogP contribution in [0.3, 0.4) is 0 Å². The normalized spacial score (nSPS) is 38.4. The van der Waals surface area contributed by atoms with E-state index in [0.29, 0.717) is 26.1 Å². The van der Waals surface area contributed by atoms with Gasteiger partial charge in [0, 0.05) is 31.5 Å². The Morgan fingerprint density at radius 2 is 1.86 bits per heavy atom. The largest absolute Gasteiger partial charge is 0.378 e. The first kappa shape index (κ1) is 18.7. The second-order valence-electron chi connectivity index (χ2n) is 6.81. The van der Waals surface area contributed by atoms with E-state index in [2.05, 4.69) is 0 Å². The first-order valence-corrected chi connectivity index (χ1v) is 7.57. The monoisotopic (exact) mass is 320 g/mol. The van der Waals surface area contributed by atoms with Crippen molar-refractivity contribution < 1.29 is 14.3 Å². The highest BCUT2D eigenvalue weighted by atomic mass is 35.5. The van der Waals surface area contributed by atoms with Crippen LogP contribution in [0.2, 0.25) is 0 Å². The van der Waals surface area contributed by atoms with Crippen LogP contribution in [0.4, 0.5) is 0 Å². The predicted molar refractivity (Wildman–Crippen MR) is 84.6 cm³/mol. The Labute approximate surface area is 133 Å². The van der Waals surface area contributed by atoms with E-state index in [-0.39, 0.29) is 42.0 Å². The number of carbonyl (C=O) groups excluding carboxylic acids is 1. The minimum Gasteiger partial charge on any atom is -0.378 e. The van der Waals surface area contributed by atoms with Gasteiger partial charge in [0.05, 0.1) is 18.3 Å². The molecule has 21 heavy (non-hydrogen) atoms. The van der Waals surface area contributed by atoms with Crippen molar-refractivity contribution in [1.82, 2.24) is 4.90 Å². The maximum Gasteiger partial charge on any atom is 0.243 e. The number of carbonyl (C=O) groups is 1. The van der Waals surface area contributed by atoms with Gasteiger partial charge in [0.25, 0.3) is 0 Å². The first-order valence-electron chi connectivity index (χ1n) is 7.57. The molecule has 0 radical (unpaired) electrons. The summed E-state index contributed by atoms with van der Waals surface area (Å²) in [4.78, 5) is 14.7. The minimum absolute atomic E-state index is 0. The van der Waals surface area contributed by atoms with Crippen LogP contribution in [-0.2, 0) is 14.3 Å². The van der Waals surface area contributed by atoms with Crippen LogP contribution < -0.4 is 5.73 Å². The van der Waals surface area contributed by atoms with Gasteiger partial charge in [-0.3, -0.25) is 4.79 Å². The molecule has 1 saturated heterocycles. The summed E-state index contributed by atoms with van der Waals surface area (Å²) >= 11 is 0. The highest BCUT2D eigenvalue weighted by molar-refractivity contribution is 5.89. The Kier molecular flexibility index (Phi) is 5.70. The van der Waals surface area contributed by atoms with Crippen LogP contribution in [0.5, 0.6) is 0 Å². The van der Waals surface area contributed by atoms with Gasteiger partial charge in [0.1, 0.15) is 5.54 Å². The van der Waals surface area contributed by atoms with Crippen molar-refractivity contribution in [2.75, 3.05) is 19.7 Å². The zero-order chi connectivity index (χ0) is 15.1. The molecule has 1 aliphatic heterocycles. The maximum absolute atomic E-state index is 12.8. The molecule has 2 aliphatic rings. The molecule has 6 heteroatoms. The fraction of sp³-hybridized carbons (Fsp3) is 0.933. The van der Waals surface area contributed by atoms with Crippen LogP contribution in [0.25, 0.3) is 0 Å². The summed E-state index contributed by atoms with van der Waals surface area (Å²) in [5.74, 6) is 0.0421. The predicted octanol–water partition coefficient (Wildman–Crippen LogP) is 1.58. The lowest BCUT2D eigenvalue weighted by atomic mass is 9.54. The molecule has 124 valence electrons. The van der Waals surface area contributed by atoms with E-state index in [0.717, 1.165) is 0 Å². The lowest BCUT2D eigenvalue weighted by molar-refractivity contribution is -0.186.